The molecule has 1 saturated carbocycles. The molecule has 6 heteroatoms. The number of rotatable bonds is 5. The predicted molar refractivity (Wildman–Crippen MR) is 61.3 cm³/mol. The average Bonchev–Trinajstić information content (AvgIpc) is 2.67. The van der Waals surface area contributed by atoms with E-state index in [0.29, 0.717) is 0 Å². The van der Waals surface area contributed by atoms with Crippen LogP contribution in [0.15, 0.2) is 0 Å². The number of hydrazine groups is 1. The third-order valence-corrected chi connectivity index (χ3v) is 3.93. The minimum absolute atomic E-state index is 0.0399. The Bertz CT molecular complexity index is 235. The number of hydrogen-bond donors (Lipinski definition) is 2. The van der Waals surface area contributed by atoms with Crippen LogP contribution in [0, 0.1) is 0 Å². The highest BCUT2D eigenvalue weighted by Gasteiger charge is 2.44. The zero-order valence-electron chi connectivity index (χ0n) is 10.5. The molecule has 0 aromatic heterocycles. The number of hydrogen-bond acceptors (Lipinski definition) is 3. The van der Waals surface area contributed by atoms with E-state index in [0.717, 1.165) is 25.7 Å². The van der Waals surface area contributed by atoms with Crippen molar-refractivity contribution in [3.63, 3.8) is 0 Å². The molecule has 1 aliphatic rings. The first-order valence-electron chi connectivity index (χ1n) is 6.02. The van der Waals surface area contributed by atoms with Crippen molar-refractivity contribution in [2.45, 2.75) is 56.3 Å². The summed E-state index contributed by atoms with van der Waals surface area (Å²) in [5, 5.41) is 0. The average molecular weight is 253 g/mol. The Kier molecular flexibility index (Phi) is 4.80. The zero-order valence-corrected chi connectivity index (χ0v) is 10.5. The van der Waals surface area contributed by atoms with Gasteiger partial charge in [0, 0.05) is 18.0 Å². The fourth-order valence-corrected chi connectivity index (χ4v) is 2.91. The van der Waals surface area contributed by atoms with E-state index in [2.05, 4.69) is 5.43 Å². The monoisotopic (exact) mass is 253 g/mol. The smallest absolute Gasteiger partial charge is 0.302 e. The summed E-state index contributed by atoms with van der Waals surface area (Å²) in [5.41, 5.74) is 2.37. The Balaban J connectivity index is 2.69. The van der Waals surface area contributed by atoms with Crippen LogP contribution in [-0.2, 0) is 0 Å². The lowest BCUT2D eigenvalue weighted by Crippen LogP contribution is -2.59. The van der Waals surface area contributed by atoms with Crippen LogP contribution in [0.4, 0.5) is 13.2 Å². The molecule has 1 unspecified atom stereocenters. The molecule has 3 nitrogen and oxygen atoms in total. The van der Waals surface area contributed by atoms with Crippen molar-refractivity contribution >= 4 is 0 Å². The number of nitrogens with zero attached hydrogens (tertiary/aromatic N) is 1. The molecule has 0 heterocycles. The topological polar surface area (TPSA) is 41.3 Å². The Morgan fingerprint density at radius 2 is 1.82 bits per heavy atom. The fourth-order valence-electron chi connectivity index (χ4n) is 2.91. The molecule has 0 aromatic rings. The summed E-state index contributed by atoms with van der Waals surface area (Å²) in [4.78, 5) is 2.03. The molecule has 0 amide bonds. The van der Waals surface area contributed by atoms with Gasteiger partial charge in [0.1, 0.15) is 0 Å². The second-order valence-electron chi connectivity index (χ2n) is 5.08. The quantitative estimate of drug-likeness (QED) is 0.582. The second kappa shape index (κ2) is 5.54. The van der Waals surface area contributed by atoms with Crippen molar-refractivity contribution in [1.29, 1.82) is 0 Å². The maximum absolute atomic E-state index is 12.3. The van der Waals surface area contributed by atoms with E-state index in [1.807, 2.05) is 19.0 Å². The largest absolute Gasteiger partial charge is 0.389 e. The lowest BCUT2D eigenvalue weighted by molar-refractivity contribution is -0.138. The summed E-state index contributed by atoms with van der Waals surface area (Å²) in [6.45, 7) is 0. The van der Waals surface area contributed by atoms with E-state index in [9.17, 15) is 13.2 Å². The summed E-state index contributed by atoms with van der Waals surface area (Å²) < 4.78 is 36.8. The van der Waals surface area contributed by atoms with Crippen LogP contribution in [-0.4, -0.2) is 36.8 Å². The van der Waals surface area contributed by atoms with E-state index in [-0.39, 0.29) is 18.0 Å². The molecule has 0 saturated heterocycles. The first-order chi connectivity index (χ1) is 7.82. The van der Waals surface area contributed by atoms with Crippen LogP contribution < -0.4 is 11.3 Å². The number of alkyl halides is 3. The molecule has 1 aliphatic carbocycles. The second-order valence-corrected chi connectivity index (χ2v) is 5.08. The van der Waals surface area contributed by atoms with Crippen molar-refractivity contribution in [1.82, 2.24) is 10.3 Å². The minimum Gasteiger partial charge on any atom is -0.302 e. The summed E-state index contributed by atoms with van der Waals surface area (Å²) in [6.07, 6.45) is -0.916. The van der Waals surface area contributed by atoms with E-state index < -0.39 is 12.6 Å². The van der Waals surface area contributed by atoms with Crippen LogP contribution in [0.5, 0.6) is 0 Å². The number of halogens is 3. The van der Waals surface area contributed by atoms with Gasteiger partial charge < -0.3 is 4.90 Å². The van der Waals surface area contributed by atoms with E-state index in [4.69, 9.17) is 5.84 Å². The SMILES string of the molecule is CN(C)C1(C(CCC(F)(F)F)NN)CCCC1. The van der Waals surface area contributed by atoms with Gasteiger partial charge in [0.15, 0.2) is 0 Å². The first-order valence-corrected chi connectivity index (χ1v) is 6.02. The summed E-state index contributed by atoms with van der Waals surface area (Å²) in [7, 11) is 3.84. The molecule has 3 N–H and O–H groups in total. The highest BCUT2D eigenvalue weighted by Crippen LogP contribution is 2.39. The molecule has 0 bridgehead atoms. The van der Waals surface area contributed by atoms with Gasteiger partial charge in [-0.1, -0.05) is 12.8 Å². The maximum Gasteiger partial charge on any atom is 0.389 e. The molecule has 0 aromatic carbocycles. The van der Waals surface area contributed by atoms with E-state index in [1.165, 1.54) is 0 Å². The lowest BCUT2D eigenvalue weighted by Gasteiger charge is -2.43. The Labute approximate surface area is 100 Å². The van der Waals surface area contributed by atoms with Gasteiger partial charge in [-0.05, 0) is 33.4 Å². The molecule has 102 valence electrons. The van der Waals surface area contributed by atoms with Crippen LogP contribution in [0.1, 0.15) is 38.5 Å². The Hall–Kier alpha value is -0.330. The molecule has 0 aliphatic heterocycles. The van der Waals surface area contributed by atoms with Gasteiger partial charge >= 0.3 is 6.18 Å². The summed E-state index contributed by atoms with van der Waals surface area (Å²) in [6, 6.07) is -0.304. The van der Waals surface area contributed by atoms with Crippen LogP contribution in [0.25, 0.3) is 0 Å². The highest BCUT2D eigenvalue weighted by molar-refractivity contribution is 5.01. The maximum atomic E-state index is 12.3. The van der Waals surface area contributed by atoms with E-state index in [1.54, 1.807) is 0 Å². The van der Waals surface area contributed by atoms with Gasteiger partial charge in [0.25, 0.3) is 0 Å². The van der Waals surface area contributed by atoms with Gasteiger partial charge in [-0.2, -0.15) is 13.2 Å². The van der Waals surface area contributed by atoms with Gasteiger partial charge in [-0.15, -0.1) is 0 Å². The number of nitrogens with two attached hydrogens (primary N) is 1. The normalized spacial score (nSPS) is 22.1. The van der Waals surface area contributed by atoms with Crippen molar-refractivity contribution in [3.05, 3.63) is 0 Å². The number of likely N-dealkylation sites (N-methyl/N-ethyl adjacent to an activating group) is 1. The van der Waals surface area contributed by atoms with Crippen molar-refractivity contribution in [2.24, 2.45) is 5.84 Å². The predicted octanol–water partition coefficient (Wildman–Crippen LogP) is 2.04. The van der Waals surface area contributed by atoms with Gasteiger partial charge in [-0.25, -0.2) is 0 Å². The molecular formula is C11H22F3N3. The van der Waals surface area contributed by atoms with Crippen LogP contribution in [0.2, 0.25) is 0 Å². The molecule has 1 fully saturated rings. The Morgan fingerprint density at radius 3 is 2.18 bits per heavy atom. The third-order valence-electron chi connectivity index (χ3n) is 3.93. The highest BCUT2D eigenvalue weighted by atomic mass is 19.4. The Morgan fingerprint density at radius 1 is 1.29 bits per heavy atom. The van der Waals surface area contributed by atoms with Gasteiger partial charge in [0.2, 0.25) is 0 Å². The molecule has 0 spiro atoms. The van der Waals surface area contributed by atoms with Gasteiger partial charge in [0.05, 0.1) is 0 Å². The van der Waals surface area contributed by atoms with Crippen LogP contribution in [0.3, 0.4) is 0 Å². The molecule has 1 atom stereocenters. The van der Waals surface area contributed by atoms with Crippen molar-refractivity contribution in [3.8, 4) is 0 Å². The van der Waals surface area contributed by atoms with Crippen molar-refractivity contribution < 1.29 is 13.2 Å². The summed E-state index contributed by atoms with van der Waals surface area (Å²) in [5.74, 6) is 5.46. The number of nitrogens with one attached hydrogen (secondary N) is 1. The van der Waals surface area contributed by atoms with Gasteiger partial charge in [-0.3, -0.25) is 11.3 Å². The standard InChI is InChI=1S/C11H22F3N3/c1-17(2)10(6-3-4-7-10)9(16-15)5-8-11(12,13)14/h9,16H,3-8,15H2,1-2H3. The first kappa shape index (κ1) is 14.7. The zero-order chi connectivity index (χ0) is 13.1. The fraction of sp³-hybridized carbons (Fsp3) is 1.00. The molecular weight excluding hydrogens is 231 g/mol. The van der Waals surface area contributed by atoms with Crippen molar-refractivity contribution in [2.75, 3.05) is 14.1 Å². The molecule has 17 heavy (non-hydrogen) atoms. The minimum atomic E-state index is -4.11. The van der Waals surface area contributed by atoms with Crippen LogP contribution >= 0.6 is 0 Å². The molecule has 1 rings (SSSR count). The lowest BCUT2D eigenvalue weighted by atomic mass is 9.84. The summed E-state index contributed by atoms with van der Waals surface area (Å²) >= 11 is 0. The van der Waals surface area contributed by atoms with E-state index >= 15 is 0 Å². The molecule has 0 radical (unpaired) electrons. The third kappa shape index (κ3) is 3.56.